The molecule has 0 aliphatic rings. The van der Waals surface area contributed by atoms with Crippen molar-refractivity contribution in [2.75, 3.05) is 21.3 Å². The van der Waals surface area contributed by atoms with Gasteiger partial charge in [0.15, 0.2) is 11.5 Å². The molecule has 1 aromatic rings. The molecule has 1 N–H and O–H groups in total. The molecule has 1 atom stereocenters. The quantitative estimate of drug-likeness (QED) is 0.591. The highest BCUT2D eigenvalue weighted by molar-refractivity contribution is 7.80. The van der Waals surface area contributed by atoms with Gasteiger partial charge in [-0.3, -0.25) is 0 Å². The number of ether oxygens (including phenoxy) is 2. The van der Waals surface area contributed by atoms with E-state index in [1.165, 1.54) is 0 Å². The lowest BCUT2D eigenvalue weighted by Crippen LogP contribution is -2.10. The van der Waals surface area contributed by atoms with Crippen LogP contribution in [0.4, 0.5) is 0 Å². The molecule has 0 aliphatic heterocycles. The van der Waals surface area contributed by atoms with Gasteiger partial charge in [-0.1, -0.05) is 6.07 Å². The van der Waals surface area contributed by atoms with Crippen LogP contribution in [0.15, 0.2) is 18.2 Å². The third-order valence-electron chi connectivity index (χ3n) is 2.00. The van der Waals surface area contributed by atoms with Crippen molar-refractivity contribution < 1.29 is 9.47 Å². The van der Waals surface area contributed by atoms with Crippen LogP contribution < -0.4 is 14.8 Å². The zero-order valence-electron chi connectivity index (χ0n) is 8.57. The molecule has 1 aromatic carbocycles. The first-order valence-electron chi connectivity index (χ1n) is 4.30. The van der Waals surface area contributed by atoms with Crippen molar-refractivity contribution in [1.82, 2.24) is 5.32 Å². The summed E-state index contributed by atoms with van der Waals surface area (Å²) in [6, 6.07) is 5.73. The van der Waals surface area contributed by atoms with E-state index in [0.29, 0.717) is 0 Å². The Kier molecular flexibility index (Phi) is 4.10. The maximum atomic E-state index is 5.18. The van der Waals surface area contributed by atoms with Gasteiger partial charge in [0, 0.05) is 0 Å². The molecular formula is C10H15NO2S. The Bertz CT molecular complexity index is 304. The van der Waals surface area contributed by atoms with Crippen molar-refractivity contribution in [3.8, 4) is 11.5 Å². The van der Waals surface area contributed by atoms with E-state index in [0.717, 1.165) is 17.1 Å². The zero-order chi connectivity index (χ0) is 10.6. The van der Waals surface area contributed by atoms with E-state index in [2.05, 4.69) is 17.9 Å². The number of hydrogen-bond donors (Lipinski definition) is 2. The summed E-state index contributed by atoms with van der Waals surface area (Å²) >= 11 is 4.36. The van der Waals surface area contributed by atoms with Gasteiger partial charge in [-0.05, 0) is 24.7 Å². The van der Waals surface area contributed by atoms with Gasteiger partial charge in [-0.25, -0.2) is 0 Å². The average Bonchev–Trinajstić information content (AvgIpc) is 2.26. The standard InChI is InChI=1S/C10H15NO2S/c1-11-10(14)7-4-5-8(12-2)9(6-7)13-3/h4-6,10-11,14H,1-3H3. The van der Waals surface area contributed by atoms with Gasteiger partial charge in [0.05, 0.1) is 19.6 Å². The molecular weight excluding hydrogens is 198 g/mol. The van der Waals surface area contributed by atoms with Crippen LogP contribution in [0.2, 0.25) is 0 Å². The Balaban J connectivity index is 3.01. The molecule has 0 bridgehead atoms. The molecule has 0 fully saturated rings. The van der Waals surface area contributed by atoms with Crippen LogP contribution in [-0.4, -0.2) is 21.3 Å². The molecule has 0 radical (unpaired) electrons. The molecule has 0 spiro atoms. The summed E-state index contributed by atoms with van der Waals surface area (Å²) in [6.45, 7) is 0. The predicted octanol–water partition coefficient (Wildman–Crippen LogP) is 1.85. The molecule has 14 heavy (non-hydrogen) atoms. The molecule has 0 heterocycles. The fourth-order valence-electron chi connectivity index (χ4n) is 1.19. The fraction of sp³-hybridized carbons (Fsp3) is 0.400. The van der Waals surface area contributed by atoms with Gasteiger partial charge in [0.25, 0.3) is 0 Å². The van der Waals surface area contributed by atoms with Crippen LogP contribution in [0.3, 0.4) is 0 Å². The summed E-state index contributed by atoms with van der Waals surface area (Å²) in [5.74, 6) is 1.45. The van der Waals surface area contributed by atoms with Crippen molar-refractivity contribution >= 4 is 12.6 Å². The van der Waals surface area contributed by atoms with Gasteiger partial charge in [-0.15, -0.1) is 0 Å². The van der Waals surface area contributed by atoms with Crippen LogP contribution in [0.25, 0.3) is 0 Å². The number of thiol groups is 1. The summed E-state index contributed by atoms with van der Waals surface area (Å²) in [6.07, 6.45) is 0. The van der Waals surface area contributed by atoms with Crippen LogP contribution >= 0.6 is 12.6 Å². The van der Waals surface area contributed by atoms with Crippen LogP contribution in [0.1, 0.15) is 10.9 Å². The first-order valence-corrected chi connectivity index (χ1v) is 4.81. The molecule has 1 rings (SSSR count). The smallest absolute Gasteiger partial charge is 0.161 e. The van der Waals surface area contributed by atoms with Crippen molar-refractivity contribution in [2.45, 2.75) is 5.37 Å². The monoisotopic (exact) mass is 213 g/mol. The second-order valence-electron chi connectivity index (χ2n) is 2.81. The molecule has 1 unspecified atom stereocenters. The second-order valence-corrected chi connectivity index (χ2v) is 3.32. The largest absolute Gasteiger partial charge is 0.493 e. The first kappa shape index (κ1) is 11.2. The topological polar surface area (TPSA) is 30.5 Å². The normalized spacial score (nSPS) is 12.3. The summed E-state index contributed by atoms with van der Waals surface area (Å²) in [5.41, 5.74) is 1.05. The summed E-state index contributed by atoms with van der Waals surface area (Å²) in [5, 5.41) is 3.05. The second kappa shape index (κ2) is 5.12. The fourth-order valence-corrected chi connectivity index (χ4v) is 1.35. The Hall–Kier alpha value is -0.870. The van der Waals surface area contributed by atoms with Gasteiger partial charge >= 0.3 is 0 Å². The van der Waals surface area contributed by atoms with Crippen LogP contribution in [-0.2, 0) is 0 Å². The molecule has 4 heteroatoms. The van der Waals surface area contributed by atoms with Crippen molar-refractivity contribution in [1.29, 1.82) is 0 Å². The minimum absolute atomic E-state index is 0.00908. The number of rotatable bonds is 4. The summed E-state index contributed by atoms with van der Waals surface area (Å²) in [7, 11) is 5.09. The van der Waals surface area contributed by atoms with Crippen molar-refractivity contribution in [3.05, 3.63) is 23.8 Å². The van der Waals surface area contributed by atoms with E-state index in [1.807, 2.05) is 25.2 Å². The lowest BCUT2D eigenvalue weighted by molar-refractivity contribution is 0.354. The minimum atomic E-state index is 0.00908. The average molecular weight is 213 g/mol. The summed E-state index contributed by atoms with van der Waals surface area (Å²) in [4.78, 5) is 0. The van der Waals surface area contributed by atoms with Crippen molar-refractivity contribution in [2.24, 2.45) is 0 Å². The minimum Gasteiger partial charge on any atom is -0.493 e. The maximum absolute atomic E-state index is 5.18. The lowest BCUT2D eigenvalue weighted by atomic mass is 10.2. The highest BCUT2D eigenvalue weighted by atomic mass is 32.1. The Morgan fingerprint density at radius 3 is 2.36 bits per heavy atom. The third kappa shape index (κ3) is 2.33. The van der Waals surface area contributed by atoms with E-state index in [4.69, 9.17) is 9.47 Å². The Morgan fingerprint density at radius 2 is 1.86 bits per heavy atom. The van der Waals surface area contributed by atoms with E-state index in [-0.39, 0.29) is 5.37 Å². The van der Waals surface area contributed by atoms with E-state index >= 15 is 0 Å². The highest BCUT2D eigenvalue weighted by Gasteiger charge is 2.08. The molecule has 0 saturated carbocycles. The molecule has 0 aromatic heterocycles. The van der Waals surface area contributed by atoms with E-state index in [1.54, 1.807) is 14.2 Å². The van der Waals surface area contributed by atoms with Gasteiger partial charge in [0.2, 0.25) is 0 Å². The zero-order valence-corrected chi connectivity index (χ0v) is 9.47. The van der Waals surface area contributed by atoms with E-state index in [9.17, 15) is 0 Å². The van der Waals surface area contributed by atoms with E-state index < -0.39 is 0 Å². The number of benzene rings is 1. The Labute approximate surface area is 89.8 Å². The molecule has 78 valence electrons. The van der Waals surface area contributed by atoms with Gasteiger partial charge in [-0.2, -0.15) is 12.6 Å². The van der Waals surface area contributed by atoms with Gasteiger partial charge in [0.1, 0.15) is 0 Å². The molecule has 0 saturated heterocycles. The van der Waals surface area contributed by atoms with Crippen LogP contribution in [0, 0.1) is 0 Å². The van der Waals surface area contributed by atoms with Gasteiger partial charge < -0.3 is 14.8 Å². The number of nitrogens with one attached hydrogen (secondary N) is 1. The predicted molar refractivity (Wildman–Crippen MR) is 60.3 cm³/mol. The number of methoxy groups -OCH3 is 2. The maximum Gasteiger partial charge on any atom is 0.161 e. The molecule has 3 nitrogen and oxygen atoms in total. The molecule has 0 aliphatic carbocycles. The Morgan fingerprint density at radius 1 is 1.21 bits per heavy atom. The first-order chi connectivity index (χ1) is 6.72. The van der Waals surface area contributed by atoms with Crippen LogP contribution in [0.5, 0.6) is 11.5 Å². The lowest BCUT2D eigenvalue weighted by Gasteiger charge is -2.13. The third-order valence-corrected chi connectivity index (χ3v) is 2.55. The molecule has 0 amide bonds. The van der Waals surface area contributed by atoms with Crippen molar-refractivity contribution in [3.63, 3.8) is 0 Å². The summed E-state index contributed by atoms with van der Waals surface area (Å²) < 4.78 is 10.3. The number of hydrogen-bond acceptors (Lipinski definition) is 4. The highest BCUT2D eigenvalue weighted by Crippen LogP contribution is 2.30. The SMILES string of the molecule is CNC(S)c1ccc(OC)c(OC)c1.